The van der Waals surface area contributed by atoms with E-state index in [2.05, 4.69) is 56.4 Å². The summed E-state index contributed by atoms with van der Waals surface area (Å²) in [5.74, 6) is 3.30. The van der Waals surface area contributed by atoms with Gasteiger partial charge in [0.15, 0.2) is 0 Å². The molecule has 0 radical (unpaired) electrons. The second-order valence-corrected chi connectivity index (χ2v) is 9.11. The molecule has 0 amide bonds. The molecule has 0 aromatic heterocycles. The molecule has 19 heavy (non-hydrogen) atoms. The molecule has 0 saturated heterocycles. The highest BCUT2D eigenvalue weighted by Crippen LogP contribution is 2.55. The largest absolute Gasteiger partial charge is 0.139 e. The van der Waals surface area contributed by atoms with Crippen LogP contribution < -0.4 is 0 Å². The standard InChI is InChI=1S/C17H24S2/c1-12-8-15-10-18-17(7-5-4-6-14(17)3)19-11-16(15)9-13(12)2/h8-9,14H,4-7,10-11H2,1-3H3. The monoisotopic (exact) mass is 292 g/mol. The Morgan fingerprint density at radius 1 is 1.00 bits per heavy atom. The summed E-state index contributed by atoms with van der Waals surface area (Å²) in [5, 5.41) is 0. The van der Waals surface area contributed by atoms with Crippen LogP contribution in [0.1, 0.15) is 54.9 Å². The van der Waals surface area contributed by atoms with Gasteiger partial charge in [-0.05, 0) is 54.9 Å². The third kappa shape index (κ3) is 2.58. The van der Waals surface area contributed by atoms with Gasteiger partial charge in [0.25, 0.3) is 0 Å². The van der Waals surface area contributed by atoms with Crippen molar-refractivity contribution >= 4 is 23.5 Å². The molecular weight excluding hydrogens is 268 g/mol. The van der Waals surface area contributed by atoms with Crippen LogP contribution in [0.5, 0.6) is 0 Å². The fourth-order valence-electron chi connectivity index (χ4n) is 3.36. The van der Waals surface area contributed by atoms with Crippen LogP contribution in [-0.2, 0) is 11.5 Å². The Hall–Kier alpha value is -0.0800. The Morgan fingerprint density at radius 2 is 1.58 bits per heavy atom. The number of aryl methyl sites for hydroxylation is 2. The van der Waals surface area contributed by atoms with E-state index in [4.69, 9.17) is 0 Å². The van der Waals surface area contributed by atoms with E-state index in [0.29, 0.717) is 4.08 Å². The molecule has 1 atom stereocenters. The Balaban J connectivity index is 1.88. The van der Waals surface area contributed by atoms with Crippen molar-refractivity contribution in [3.63, 3.8) is 0 Å². The SMILES string of the molecule is Cc1cc2c(cc1C)CSC1(CCCCC1C)SC2. The quantitative estimate of drug-likeness (QED) is 0.602. The molecule has 1 fully saturated rings. The van der Waals surface area contributed by atoms with E-state index >= 15 is 0 Å². The predicted molar refractivity (Wildman–Crippen MR) is 88.9 cm³/mol. The van der Waals surface area contributed by atoms with Gasteiger partial charge in [-0.1, -0.05) is 31.9 Å². The Labute approximate surface area is 126 Å². The number of fused-ring (bicyclic) bond motifs is 1. The lowest BCUT2D eigenvalue weighted by Crippen LogP contribution is -2.32. The molecule has 3 rings (SSSR count). The highest BCUT2D eigenvalue weighted by molar-refractivity contribution is 8.17. The fourth-order valence-corrected chi connectivity index (χ4v) is 6.77. The van der Waals surface area contributed by atoms with E-state index in [1.54, 1.807) is 11.1 Å². The number of rotatable bonds is 0. The van der Waals surface area contributed by atoms with Crippen molar-refractivity contribution in [2.75, 3.05) is 0 Å². The minimum atomic E-state index is 0.499. The van der Waals surface area contributed by atoms with Crippen molar-refractivity contribution in [3.8, 4) is 0 Å². The molecule has 0 N–H and O–H groups in total. The smallest absolute Gasteiger partial charge is 0.0643 e. The van der Waals surface area contributed by atoms with E-state index < -0.39 is 0 Å². The van der Waals surface area contributed by atoms with Crippen molar-refractivity contribution < 1.29 is 0 Å². The number of hydrogen-bond acceptors (Lipinski definition) is 2. The van der Waals surface area contributed by atoms with Gasteiger partial charge in [0.2, 0.25) is 0 Å². The van der Waals surface area contributed by atoms with Gasteiger partial charge in [-0.2, -0.15) is 0 Å². The van der Waals surface area contributed by atoms with Crippen LogP contribution in [0.15, 0.2) is 12.1 Å². The first-order valence-corrected chi connectivity index (χ1v) is 9.45. The average molecular weight is 293 g/mol. The van der Waals surface area contributed by atoms with Gasteiger partial charge in [-0.3, -0.25) is 0 Å². The zero-order chi connectivity index (χ0) is 13.5. The Kier molecular flexibility index (Phi) is 3.92. The summed E-state index contributed by atoms with van der Waals surface area (Å²) in [7, 11) is 0. The minimum Gasteiger partial charge on any atom is -0.139 e. The van der Waals surface area contributed by atoms with Gasteiger partial charge in [0, 0.05) is 11.5 Å². The number of benzene rings is 1. The Morgan fingerprint density at radius 3 is 2.11 bits per heavy atom. The molecule has 2 aliphatic rings. The van der Waals surface area contributed by atoms with Gasteiger partial charge in [-0.25, -0.2) is 0 Å². The lowest BCUT2D eigenvalue weighted by Gasteiger charge is -2.41. The molecule has 0 bridgehead atoms. The van der Waals surface area contributed by atoms with Gasteiger partial charge in [-0.15, -0.1) is 23.5 Å². The van der Waals surface area contributed by atoms with Crippen LogP contribution in [0.25, 0.3) is 0 Å². The second kappa shape index (κ2) is 5.37. The first kappa shape index (κ1) is 13.9. The van der Waals surface area contributed by atoms with Crippen LogP contribution in [0.4, 0.5) is 0 Å². The van der Waals surface area contributed by atoms with Crippen LogP contribution in [0, 0.1) is 19.8 Å². The van der Waals surface area contributed by atoms with Crippen LogP contribution in [0.3, 0.4) is 0 Å². The maximum Gasteiger partial charge on any atom is 0.0643 e. The summed E-state index contributed by atoms with van der Waals surface area (Å²) < 4.78 is 0.499. The molecule has 1 aromatic carbocycles. The van der Waals surface area contributed by atoms with Crippen LogP contribution in [-0.4, -0.2) is 4.08 Å². The number of thioether (sulfide) groups is 2. The maximum absolute atomic E-state index is 2.48. The minimum absolute atomic E-state index is 0.499. The lowest BCUT2D eigenvalue weighted by molar-refractivity contribution is 0.373. The van der Waals surface area contributed by atoms with Gasteiger partial charge in [0.05, 0.1) is 4.08 Å². The van der Waals surface area contributed by atoms with Gasteiger partial charge >= 0.3 is 0 Å². The summed E-state index contributed by atoms with van der Waals surface area (Å²) in [4.78, 5) is 0. The summed E-state index contributed by atoms with van der Waals surface area (Å²) in [6, 6.07) is 4.87. The third-order valence-electron chi connectivity index (χ3n) is 4.92. The van der Waals surface area contributed by atoms with E-state index in [0.717, 1.165) is 5.92 Å². The highest BCUT2D eigenvalue weighted by atomic mass is 32.2. The van der Waals surface area contributed by atoms with Gasteiger partial charge in [0.1, 0.15) is 0 Å². The zero-order valence-corrected chi connectivity index (χ0v) is 13.9. The molecule has 104 valence electrons. The fraction of sp³-hybridized carbons (Fsp3) is 0.647. The molecule has 1 aliphatic carbocycles. The molecular formula is C17H24S2. The summed E-state index contributed by atoms with van der Waals surface area (Å²) in [6.07, 6.45) is 5.71. The normalized spacial score (nSPS) is 25.9. The molecule has 1 aromatic rings. The summed E-state index contributed by atoms with van der Waals surface area (Å²) >= 11 is 4.47. The average Bonchev–Trinajstić information content (AvgIpc) is 2.56. The topological polar surface area (TPSA) is 0 Å². The Bertz CT molecular complexity index is 445. The van der Waals surface area contributed by atoms with Crippen molar-refractivity contribution in [3.05, 3.63) is 34.4 Å². The molecule has 1 unspecified atom stereocenters. The van der Waals surface area contributed by atoms with Crippen molar-refractivity contribution in [2.24, 2.45) is 5.92 Å². The van der Waals surface area contributed by atoms with Crippen molar-refractivity contribution in [2.45, 2.75) is 62.0 Å². The predicted octanol–water partition coefficient (Wildman–Crippen LogP) is 5.69. The molecule has 0 nitrogen and oxygen atoms in total. The third-order valence-corrected chi connectivity index (χ3v) is 8.73. The van der Waals surface area contributed by atoms with Crippen molar-refractivity contribution in [1.82, 2.24) is 0 Å². The van der Waals surface area contributed by atoms with Crippen molar-refractivity contribution in [1.29, 1.82) is 0 Å². The maximum atomic E-state index is 2.48. The first-order valence-electron chi connectivity index (χ1n) is 7.48. The molecule has 2 heteroatoms. The van der Waals surface area contributed by atoms with E-state index in [9.17, 15) is 0 Å². The van der Waals surface area contributed by atoms with Crippen LogP contribution in [0.2, 0.25) is 0 Å². The van der Waals surface area contributed by atoms with E-state index in [1.165, 1.54) is 48.3 Å². The van der Waals surface area contributed by atoms with E-state index in [1.807, 2.05) is 0 Å². The van der Waals surface area contributed by atoms with Crippen LogP contribution >= 0.6 is 23.5 Å². The number of hydrogen-bond donors (Lipinski definition) is 0. The zero-order valence-electron chi connectivity index (χ0n) is 12.3. The highest BCUT2D eigenvalue weighted by Gasteiger charge is 2.40. The molecule has 1 spiro atoms. The second-order valence-electron chi connectivity index (χ2n) is 6.24. The van der Waals surface area contributed by atoms with Gasteiger partial charge < -0.3 is 0 Å². The molecule has 1 aliphatic heterocycles. The van der Waals surface area contributed by atoms with E-state index in [-0.39, 0.29) is 0 Å². The molecule has 1 heterocycles. The lowest BCUT2D eigenvalue weighted by atomic mass is 9.90. The summed E-state index contributed by atoms with van der Waals surface area (Å²) in [6.45, 7) is 6.97. The first-order chi connectivity index (χ1) is 9.11. The molecule has 1 saturated carbocycles. The summed E-state index contributed by atoms with van der Waals surface area (Å²) in [5.41, 5.74) is 6.10.